The zero-order valence-corrected chi connectivity index (χ0v) is 9.85. The molecular weight excluding hydrogens is 196 g/mol. The van der Waals surface area contributed by atoms with E-state index in [0.717, 1.165) is 6.42 Å². The van der Waals surface area contributed by atoms with Crippen LogP contribution in [0.5, 0.6) is 0 Å². The van der Waals surface area contributed by atoms with E-state index < -0.39 is 5.97 Å². The van der Waals surface area contributed by atoms with Gasteiger partial charge in [-0.15, -0.1) is 11.8 Å². The lowest BCUT2D eigenvalue weighted by Crippen LogP contribution is -2.26. The van der Waals surface area contributed by atoms with Crippen LogP contribution in [-0.2, 0) is 4.79 Å². The van der Waals surface area contributed by atoms with Gasteiger partial charge in [0, 0.05) is 5.25 Å². The topological polar surface area (TPSA) is 37.3 Å². The molecule has 1 rings (SSSR count). The molecule has 2 atom stereocenters. The summed E-state index contributed by atoms with van der Waals surface area (Å²) in [5, 5.41) is 9.52. The average molecular weight is 216 g/mol. The molecule has 0 aliphatic heterocycles. The van der Waals surface area contributed by atoms with Crippen molar-refractivity contribution in [2.24, 2.45) is 5.92 Å². The minimum absolute atomic E-state index is 0.192. The highest BCUT2D eigenvalue weighted by Gasteiger charge is 2.28. The molecular formula is C11H20O2S. The van der Waals surface area contributed by atoms with Crippen LogP contribution in [0.25, 0.3) is 0 Å². The zero-order valence-electron chi connectivity index (χ0n) is 9.03. The van der Waals surface area contributed by atoms with Crippen molar-refractivity contribution in [3.8, 4) is 0 Å². The first-order chi connectivity index (χ1) is 6.65. The molecule has 1 aliphatic carbocycles. The smallest absolute Gasteiger partial charge is 0.316 e. The molecule has 0 radical (unpaired) electrons. The van der Waals surface area contributed by atoms with E-state index in [1.165, 1.54) is 25.7 Å². The maximum atomic E-state index is 11.1. The Morgan fingerprint density at radius 2 is 2.07 bits per heavy atom. The molecule has 0 bridgehead atoms. The average Bonchev–Trinajstić information content (AvgIpc) is 2.65. The first kappa shape index (κ1) is 11.9. The summed E-state index contributed by atoms with van der Waals surface area (Å²) in [5.74, 6) is -0.339. The van der Waals surface area contributed by atoms with E-state index >= 15 is 0 Å². The van der Waals surface area contributed by atoms with Crippen molar-refractivity contribution in [3.63, 3.8) is 0 Å². The molecule has 1 saturated carbocycles. The monoisotopic (exact) mass is 216 g/mol. The summed E-state index contributed by atoms with van der Waals surface area (Å²) in [6.07, 6.45) is 5.95. The fourth-order valence-corrected chi connectivity index (χ4v) is 3.48. The predicted octanol–water partition coefficient (Wildman–Crippen LogP) is 3.16. The molecule has 2 unspecified atom stereocenters. The number of aliphatic carboxylic acids is 1. The lowest BCUT2D eigenvalue weighted by molar-refractivity contribution is -0.137. The maximum Gasteiger partial charge on any atom is 0.316 e. The molecule has 1 N–H and O–H groups in total. The van der Waals surface area contributed by atoms with Crippen LogP contribution in [0.1, 0.15) is 46.0 Å². The summed E-state index contributed by atoms with van der Waals surface area (Å²) in [5.41, 5.74) is 0. The number of carboxylic acid groups (broad SMARTS) is 1. The number of hydrogen-bond acceptors (Lipinski definition) is 2. The van der Waals surface area contributed by atoms with E-state index in [4.69, 9.17) is 5.11 Å². The van der Waals surface area contributed by atoms with Crippen LogP contribution in [0.2, 0.25) is 0 Å². The second kappa shape index (κ2) is 5.64. The first-order valence-corrected chi connectivity index (χ1v) is 6.47. The Labute approximate surface area is 90.5 Å². The van der Waals surface area contributed by atoms with Gasteiger partial charge in [-0.1, -0.05) is 33.1 Å². The molecule has 1 fully saturated rings. The molecule has 0 saturated heterocycles. The van der Waals surface area contributed by atoms with Crippen LogP contribution in [0.3, 0.4) is 0 Å². The Morgan fingerprint density at radius 1 is 1.50 bits per heavy atom. The molecule has 82 valence electrons. The number of hydrogen-bond donors (Lipinski definition) is 1. The van der Waals surface area contributed by atoms with E-state index in [1.54, 1.807) is 11.8 Å². The lowest BCUT2D eigenvalue weighted by atomic mass is 10.1. The van der Waals surface area contributed by atoms with Crippen LogP contribution in [0.4, 0.5) is 0 Å². The van der Waals surface area contributed by atoms with Gasteiger partial charge in [-0.3, -0.25) is 4.79 Å². The number of rotatable bonds is 5. The van der Waals surface area contributed by atoms with Crippen molar-refractivity contribution >= 4 is 17.7 Å². The molecule has 0 heterocycles. The Balaban J connectivity index is 2.45. The van der Waals surface area contributed by atoms with Crippen molar-refractivity contribution in [1.82, 2.24) is 0 Å². The standard InChI is InChI=1S/C11H20O2S/c1-3-8(2)10(11(12)13)14-9-6-4-5-7-9/h8-10H,3-7H2,1-2H3,(H,12,13). The number of carbonyl (C=O) groups is 1. The fraction of sp³-hybridized carbons (Fsp3) is 0.909. The molecule has 14 heavy (non-hydrogen) atoms. The van der Waals surface area contributed by atoms with Crippen LogP contribution in [0.15, 0.2) is 0 Å². The number of carboxylic acids is 1. The Kier molecular flexibility index (Phi) is 4.79. The quantitative estimate of drug-likeness (QED) is 0.767. The second-order valence-electron chi connectivity index (χ2n) is 4.19. The van der Waals surface area contributed by atoms with E-state index in [1.807, 2.05) is 6.92 Å². The fourth-order valence-electron chi connectivity index (χ4n) is 1.88. The Bertz CT molecular complexity index is 188. The Hall–Kier alpha value is -0.180. The normalized spacial score (nSPS) is 22.1. The third-order valence-corrected chi connectivity index (χ3v) is 4.86. The minimum Gasteiger partial charge on any atom is -0.480 e. The second-order valence-corrected chi connectivity index (χ2v) is 5.63. The minimum atomic E-state index is -0.628. The largest absolute Gasteiger partial charge is 0.480 e. The predicted molar refractivity (Wildman–Crippen MR) is 60.7 cm³/mol. The third kappa shape index (κ3) is 3.19. The molecule has 0 aromatic carbocycles. The molecule has 2 nitrogen and oxygen atoms in total. The van der Waals surface area contributed by atoms with E-state index in [9.17, 15) is 4.79 Å². The van der Waals surface area contributed by atoms with Crippen LogP contribution < -0.4 is 0 Å². The highest BCUT2D eigenvalue weighted by atomic mass is 32.2. The highest BCUT2D eigenvalue weighted by molar-refractivity contribution is 8.01. The van der Waals surface area contributed by atoms with Crippen molar-refractivity contribution in [2.75, 3.05) is 0 Å². The third-order valence-electron chi connectivity index (χ3n) is 3.05. The maximum absolute atomic E-state index is 11.1. The summed E-state index contributed by atoms with van der Waals surface area (Å²) < 4.78 is 0. The summed E-state index contributed by atoms with van der Waals surface area (Å²) in [7, 11) is 0. The van der Waals surface area contributed by atoms with Gasteiger partial charge in [0.1, 0.15) is 5.25 Å². The van der Waals surface area contributed by atoms with E-state index in [-0.39, 0.29) is 11.2 Å². The highest BCUT2D eigenvalue weighted by Crippen LogP contribution is 2.35. The van der Waals surface area contributed by atoms with Gasteiger partial charge in [-0.2, -0.15) is 0 Å². The summed E-state index contributed by atoms with van der Waals surface area (Å²) in [6, 6.07) is 0. The van der Waals surface area contributed by atoms with Gasteiger partial charge in [-0.25, -0.2) is 0 Å². The summed E-state index contributed by atoms with van der Waals surface area (Å²) in [6.45, 7) is 4.11. The van der Waals surface area contributed by atoms with E-state index in [0.29, 0.717) is 5.25 Å². The van der Waals surface area contributed by atoms with Crippen LogP contribution in [-0.4, -0.2) is 21.6 Å². The van der Waals surface area contributed by atoms with E-state index in [2.05, 4.69) is 6.92 Å². The van der Waals surface area contributed by atoms with Gasteiger partial charge < -0.3 is 5.11 Å². The molecule has 0 spiro atoms. The number of thioether (sulfide) groups is 1. The molecule has 0 amide bonds. The molecule has 0 aromatic rings. The first-order valence-electron chi connectivity index (χ1n) is 5.53. The SMILES string of the molecule is CCC(C)C(SC1CCCC1)C(=O)O. The van der Waals surface area contributed by atoms with Gasteiger partial charge in [0.05, 0.1) is 0 Å². The molecule has 1 aliphatic rings. The van der Waals surface area contributed by atoms with Crippen molar-refractivity contribution < 1.29 is 9.90 Å². The van der Waals surface area contributed by atoms with Gasteiger partial charge in [0.2, 0.25) is 0 Å². The Morgan fingerprint density at radius 3 is 2.50 bits per heavy atom. The lowest BCUT2D eigenvalue weighted by Gasteiger charge is -2.21. The van der Waals surface area contributed by atoms with Gasteiger partial charge in [0.25, 0.3) is 0 Å². The van der Waals surface area contributed by atoms with Gasteiger partial charge in [0.15, 0.2) is 0 Å². The zero-order chi connectivity index (χ0) is 10.6. The van der Waals surface area contributed by atoms with Crippen molar-refractivity contribution in [2.45, 2.75) is 56.5 Å². The molecule has 3 heteroatoms. The van der Waals surface area contributed by atoms with Gasteiger partial charge in [-0.05, 0) is 18.8 Å². The molecule has 0 aromatic heterocycles. The van der Waals surface area contributed by atoms with Crippen LogP contribution in [0, 0.1) is 5.92 Å². The summed E-state index contributed by atoms with van der Waals surface area (Å²) in [4.78, 5) is 11.1. The van der Waals surface area contributed by atoms with Gasteiger partial charge >= 0.3 is 5.97 Å². The summed E-state index contributed by atoms with van der Waals surface area (Å²) >= 11 is 1.69. The van der Waals surface area contributed by atoms with Crippen molar-refractivity contribution in [3.05, 3.63) is 0 Å². The van der Waals surface area contributed by atoms with Crippen LogP contribution >= 0.6 is 11.8 Å². The van der Waals surface area contributed by atoms with Crippen molar-refractivity contribution in [1.29, 1.82) is 0 Å².